The molecule has 0 saturated carbocycles. The highest BCUT2D eigenvalue weighted by atomic mass is 32.2. The SMILES string of the molecule is Cc1ccc(C)c(S(=O)(=O)Nc2cccc(Oc3ncccc3C(=O)NC[C@H]3CCCO3)c2)c1. The monoisotopic (exact) mass is 481 g/mol. The predicted molar refractivity (Wildman–Crippen MR) is 129 cm³/mol. The molecule has 1 aliphatic heterocycles. The number of benzene rings is 2. The number of ether oxygens (including phenoxy) is 2. The Bertz CT molecular complexity index is 1290. The molecule has 2 heterocycles. The van der Waals surface area contributed by atoms with Gasteiger partial charge in [-0.1, -0.05) is 18.2 Å². The van der Waals surface area contributed by atoms with Crippen LogP contribution in [0.25, 0.3) is 0 Å². The number of amides is 1. The van der Waals surface area contributed by atoms with E-state index in [2.05, 4.69) is 15.0 Å². The molecule has 9 heteroatoms. The van der Waals surface area contributed by atoms with Gasteiger partial charge >= 0.3 is 0 Å². The molecule has 0 unspecified atom stereocenters. The van der Waals surface area contributed by atoms with Crippen LogP contribution in [0, 0.1) is 13.8 Å². The zero-order valence-electron chi connectivity index (χ0n) is 19.1. The summed E-state index contributed by atoms with van der Waals surface area (Å²) in [5, 5.41) is 2.86. The first kappa shape index (κ1) is 23.7. The summed E-state index contributed by atoms with van der Waals surface area (Å²) in [6.07, 6.45) is 3.46. The molecule has 2 aromatic carbocycles. The number of aryl methyl sites for hydroxylation is 2. The Kier molecular flexibility index (Phi) is 7.14. The summed E-state index contributed by atoms with van der Waals surface area (Å²) in [6, 6.07) is 15.1. The fourth-order valence-corrected chi connectivity index (χ4v) is 5.07. The number of rotatable bonds is 8. The third-order valence-corrected chi connectivity index (χ3v) is 6.99. The molecule has 4 rings (SSSR count). The molecular formula is C25H27N3O5S. The van der Waals surface area contributed by atoms with Crippen LogP contribution in [0.2, 0.25) is 0 Å². The minimum absolute atomic E-state index is 0.0201. The van der Waals surface area contributed by atoms with Crippen LogP contribution >= 0.6 is 0 Å². The molecule has 1 fully saturated rings. The number of pyridine rings is 1. The number of nitrogens with one attached hydrogen (secondary N) is 2. The van der Waals surface area contributed by atoms with Crippen LogP contribution < -0.4 is 14.8 Å². The smallest absolute Gasteiger partial charge is 0.262 e. The topological polar surface area (TPSA) is 107 Å². The van der Waals surface area contributed by atoms with Gasteiger partial charge in [-0.05, 0) is 68.1 Å². The highest BCUT2D eigenvalue weighted by Crippen LogP contribution is 2.27. The molecule has 1 amide bonds. The van der Waals surface area contributed by atoms with Gasteiger partial charge in [-0.25, -0.2) is 13.4 Å². The number of carbonyl (C=O) groups is 1. The van der Waals surface area contributed by atoms with Gasteiger partial charge in [0.25, 0.3) is 15.9 Å². The van der Waals surface area contributed by atoms with Crippen molar-refractivity contribution in [3.63, 3.8) is 0 Å². The lowest BCUT2D eigenvalue weighted by Gasteiger charge is -2.14. The number of aromatic nitrogens is 1. The van der Waals surface area contributed by atoms with Crippen LogP contribution in [-0.4, -0.2) is 38.6 Å². The third kappa shape index (κ3) is 5.73. The molecule has 8 nitrogen and oxygen atoms in total. The Labute approximate surface area is 199 Å². The largest absolute Gasteiger partial charge is 0.438 e. The maximum absolute atomic E-state index is 12.9. The van der Waals surface area contributed by atoms with Crippen molar-refractivity contribution in [2.24, 2.45) is 0 Å². The summed E-state index contributed by atoms with van der Waals surface area (Å²) >= 11 is 0. The van der Waals surface area contributed by atoms with Gasteiger partial charge < -0.3 is 14.8 Å². The van der Waals surface area contributed by atoms with Crippen LogP contribution in [0.5, 0.6) is 11.6 Å². The van der Waals surface area contributed by atoms with Crippen molar-refractivity contribution in [3.8, 4) is 11.6 Å². The summed E-state index contributed by atoms with van der Waals surface area (Å²) in [5.41, 5.74) is 2.11. The van der Waals surface area contributed by atoms with Crippen LogP contribution in [0.1, 0.15) is 34.3 Å². The number of anilines is 1. The van der Waals surface area contributed by atoms with E-state index in [1.807, 2.05) is 13.0 Å². The number of hydrogen-bond donors (Lipinski definition) is 2. The number of nitrogens with zero attached hydrogens (tertiary/aromatic N) is 1. The first-order chi connectivity index (χ1) is 16.3. The molecule has 34 heavy (non-hydrogen) atoms. The van der Waals surface area contributed by atoms with E-state index >= 15 is 0 Å². The maximum Gasteiger partial charge on any atom is 0.262 e. The van der Waals surface area contributed by atoms with Crippen LogP contribution in [-0.2, 0) is 14.8 Å². The summed E-state index contributed by atoms with van der Waals surface area (Å²) in [6.45, 7) is 4.72. The van der Waals surface area contributed by atoms with E-state index in [-0.39, 0.29) is 28.4 Å². The lowest BCUT2D eigenvalue weighted by Crippen LogP contribution is -2.32. The van der Waals surface area contributed by atoms with Gasteiger partial charge in [0.1, 0.15) is 11.3 Å². The fourth-order valence-electron chi connectivity index (χ4n) is 3.69. The van der Waals surface area contributed by atoms with Gasteiger partial charge in [0.2, 0.25) is 5.88 Å². The molecule has 1 saturated heterocycles. The Morgan fingerprint density at radius 2 is 2.00 bits per heavy atom. The van der Waals surface area contributed by atoms with Crippen molar-refractivity contribution >= 4 is 21.6 Å². The maximum atomic E-state index is 12.9. The second kappa shape index (κ2) is 10.2. The molecule has 2 N–H and O–H groups in total. The van der Waals surface area contributed by atoms with Crippen LogP contribution in [0.4, 0.5) is 5.69 Å². The lowest BCUT2D eigenvalue weighted by atomic mass is 10.2. The van der Waals surface area contributed by atoms with E-state index in [9.17, 15) is 13.2 Å². The Morgan fingerprint density at radius 1 is 1.15 bits per heavy atom. The molecular weight excluding hydrogens is 454 g/mol. The lowest BCUT2D eigenvalue weighted by molar-refractivity contribution is 0.0855. The highest BCUT2D eigenvalue weighted by Gasteiger charge is 2.20. The van der Waals surface area contributed by atoms with E-state index < -0.39 is 10.0 Å². The highest BCUT2D eigenvalue weighted by molar-refractivity contribution is 7.92. The first-order valence-electron chi connectivity index (χ1n) is 11.0. The number of carbonyl (C=O) groups excluding carboxylic acids is 1. The van der Waals surface area contributed by atoms with Gasteiger partial charge in [0.15, 0.2) is 0 Å². The summed E-state index contributed by atoms with van der Waals surface area (Å²) < 4.78 is 39.9. The average Bonchev–Trinajstić information content (AvgIpc) is 3.33. The minimum atomic E-state index is -3.79. The number of hydrogen-bond acceptors (Lipinski definition) is 6. The van der Waals surface area contributed by atoms with Crippen molar-refractivity contribution in [2.75, 3.05) is 17.9 Å². The zero-order valence-corrected chi connectivity index (χ0v) is 19.9. The molecule has 1 atom stereocenters. The first-order valence-corrected chi connectivity index (χ1v) is 12.5. The molecule has 1 aromatic heterocycles. The van der Waals surface area contributed by atoms with Crippen molar-refractivity contribution in [1.82, 2.24) is 10.3 Å². The second-order valence-electron chi connectivity index (χ2n) is 8.21. The third-order valence-electron chi connectivity index (χ3n) is 5.46. The van der Waals surface area contributed by atoms with E-state index in [0.29, 0.717) is 30.2 Å². The number of sulfonamides is 1. The van der Waals surface area contributed by atoms with Gasteiger partial charge in [0.05, 0.1) is 16.7 Å². The van der Waals surface area contributed by atoms with Crippen molar-refractivity contribution in [1.29, 1.82) is 0 Å². The average molecular weight is 482 g/mol. The molecule has 1 aliphatic rings. The molecule has 0 bridgehead atoms. The van der Waals surface area contributed by atoms with Gasteiger partial charge in [-0.3, -0.25) is 9.52 Å². The molecule has 0 radical (unpaired) electrons. The molecule has 178 valence electrons. The zero-order chi connectivity index (χ0) is 24.1. The standard InChI is InChI=1S/C25H27N3O5S/c1-17-10-11-18(2)23(14-17)34(30,31)28-19-6-3-7-20(15-19)33-25-22(9-4-12-26-25)24(29)27-16-21-8-5-13-32-21/h3-4,6-7,9-12,14-15,21,28H,5,8,13,16H2,1-2H3,(H,27,29)/t21-/m1/s1. The quantitative estimate of drug-likeness (QED) is 0.499. The van der Waals surface area contributed by atoms with Gasteiger partial charge in [-0.2, -0.15) is 0 Å². The van der Waals surface area contributed by atoms with E-state index in [1.165, 1.54) is 6.20 Å². The second-order valence-corrected chi connectivity index (χ2v) is 9.86. The van der Waals surface area contributed by atoms with Crippen molar-refractivity contribution in [3.05, 3.63) is 77.5 Å². The van der Waals surface area contributed by atoms with E-state index in [4.69, 9.17) is 9.47 Å². The van der Waals surface area contributed by atoms with Crippen LogP contribution in [0.3, 0.4) is 0 Å². The van der Waals surface area contributed by atoms with E-state index in [0.717, 1.165) is 18.4 Å². The fraction of sp³-hybridized carbons (Fsp3) is 0.280. The summed E-state index contributed by atoms with van der Waals surface area (Å²) in [4.78, 5) is 17.1. The Hall–Kier alpha value is -3.43. The molecule has 3 aromatic rings. The van der Waals surface area contributed by atoms with E-state index in [1.54, 1.807) is 55.5 Å². The summed E-state index contributed by atoms with van der Waals surface area (Å²) in [5.74, 6) is 0.153. The Balaban J connectivity index is 1.50. The van der Waals surface area contributed by atoms with Crippen molar-refractivity contribution < 1.29 is 22.7 Å². The van der Waals surface area contributed by atoms with Gasteiger partial charge in [-0.15, -0.1) is 0 Å². The predicted octanol–water partition coefficient (Wildman–Crippen LogP) is 4.20. The normalized spacial score (nSPS) is 15.6. The van der Waals surface area contributed by atoms with Crippen molar-refractivity contribution in [2.45, 2.75) is 37.7 Å². The molecule has 0 aliphatic carbocycles. The van der Waals surface area contributed by atoms with Gasteiger partial charge in [0, 0.05) is 25.4 Å². The summed E-state index contributed by atoms with van der Waals surface area (Å²) in [7, 11) is -3.79. The van der Waals surface area contributed by atoms with Crippen LogP contribution in [0.15, 0.2) is 65.7 Å². The molecule has 0 spiro atoms. The Morgan fingerprint density at radius 3 is 2.79 bits per heavy atom. The minimum Gasteiger partial charge on any atom is -0.438 e.